The Hall–Kier alpha value is -3.67. The van der Waals surface area contributed by atoms with Gasteiger partial charge in [0.1, 0.15) is 0 Å². The highest BCUT2D eigenvalue weighted by Crippen LogP contribution is 2.25. The maximum Gasteiger partial charge on any atom is 0.296 e. The van der Waals surface area contributed by atoms with Gasteiger partial charge in [-0.1, -0.05) is 36.4 Å². The molecule has 0 bridgehead atoms. The van der Waals surface area contributed by atoms with Gasteiger partial charge in [-0.05, 0) is 37.4 Å². The third-order valence-electron chi connectivity index (χ3n) is 4.81. The van der Waals surface area contributed by atoms with Gasteiger partial charge in [-0.15, -0.1) is 0 Å². The highest BCUT2D eigenvalue weighted by atomic mass is 16.3. The molecule has 4 aromatic rings. The van der Waals surface area contributed by atoms with Gasteiger partial charge in [-0.3, -0.25) is 9.59 Å². The summed E-state index contributed by atoms with van der Waals surface area (Å²) in [5, 5.41) is 9.46. The van der Waals surface area contributed by atoms with E-state index in [1.165, 1.54) is 12.3 Å². The van der Waals surface area contributed by atoms with Crippen LogP contribution in [-0.4, -0.2) is 21.5 Å². The largest absolute Gasteiger partial charge is 0.461 e. The van der Waals surface area contributed by atoms with Gasteiger partial charge in [0.05, 0.1) is 24.2 Å². The molecule has 0 saturated carbocycles. The molecule has 2 heterocycles. The predicted molar refractivity (Wildman–Crippen MR) is 105 cm³/mol. The maximum absolute atomic E-state index is 12.2. The smallest absolute Gasteiger partial charge is 0.296 e. The van der Waals surface area contributed by atoms with E-state index in [1.54, 1.807) is 12.3 Å². The van der Waals surface area contributed by atoms with Crippen molar-refractivity contribution in [2.45, 2.75) is 19.9 Å². The molecule has 0 spiro atoms. The van der Waals surface area contributed by atoms with Crippen LogP contribution in [0.4, 0.5) is 0 Å². The van der Waals surface area contributed by atoms with Gasteiger partial charge < -0.3 is 9.73 Å². The second-order valence-electron chi connectivity index (χ2n) is 6.60. The number of nitrogens with one attached hydrogen (secondary N) is 1. The quantitative estimate of drug-likeness (QED) is 0.424. The average molecular weight is 373 g/mol. The summed E-state index contributed by atoms with van der Waals surface area (Å²) in [7, 11) is 0. The number of amides is 1. The average Bonchev–Trinajstić information content (AvgIpc) is 3.37. The second-order valence-corrected chi connectivity index (χ2v) is 6.60. The Morgan fingerprint density at radius 3 is 2.64 bits per heavy atom. The Balaban J connectivity index is 1.61. The number of carbonyl (C=O) groups is 2. The summed E-state index contributed by atoms with van der Waals surface area (Å²) in [4.78, 5) is 24.3. The van der Waals surface area contributed by atoms with E-state index in [0.717, 1.165) is 27.7 Å². The number of benzene rings is 2. The van der Waals surface area contributed by atoms with Gasteiger partial charge in [0.25, 0.3) is 11.7 Å². The lowest BCUT2D eigenvalue weighted by Crippen LogP contribution is -2.33. The fourth-order valence-corrected chi connectivity index (χ4v) is 3.34. The molecule has 0 unspecified atom stereocenters. The van der Waals surface area contributed by atoms with Gasteiger partial charge in [0, 0.05) is 16.6 Å². The topological polar surface area (TPSA) is 77.1 Å². The standard InChI is InChI=1S/C22H19N3O3/c1-14(24-22(27)21(26)20-11-6-12-28-20)18-13-23-25(15(18)2)19-10-5-8-16-7-3-4-9-17(16)19/h3-14H,1-2H3,(H,24,27)/t14-/m1/s1. The van der Waals surface area contributed by atoms with Crippen molar-refractivity contribution in [1.29, 1.82) is 0 Å². The maximum atomic E-state index is 12.2. The van der Waals surface area contributed by atoms with Crippen molar-refractivity contribution in [3.63, 3.8) is 0 Å². The third kappa shape index (κ3) is 3.09. The number of hydrogen-bond donors (Lipinski definition) is 1. The molecular formula is C22H19N3O3. The SMILES string of the molecule is Cc1c([C@@H](C)NC(=O)C(=O)c2ccco2)cnn1-c1cccc2ccccc12. The third-order valence-corrected chi connectivity index (χ3v) is 4.81. The molecule has 0 fully saturated rings. The number of carbonyl (C=O) groups excluding carboxylic acids is 2. The molecule has 4 rings (SSSR count). The Morgan fingerprint density at radius 1 is 1.07 bits per heavy atom. The molecule has 1 atom stereocenters. The lowest BCUT2D eigenvalue weighted by atomic mass is 10.1. The van der Waals surface area contributed by atoms with Gasteiger partial charge >= 0.3 is 0 Å². The number of nitrogens with zero attached hydrogens (tertiary/aromatic N) is 2. The molecule has 28 heavy (non-hydrogen) atoms. The number of furan rings is 1. The fraction of sp³-hybridized carbons (Fsp3) is 0.136. The van der Waals surface area contributed by atoms with E-state index in [4.69, 9.17) is 4.42 Å². The molecule has 0 radical (unpaired) electrons. The predicted octanol–water partition coefficient (Wildman–Crippen LogP) is 3.99. The highest BCUT2D eigenvalue weighted by molar-refractivity contribution is 6.42. The van der Waals surface area contributed by atoms with Gasteiger partial charge in [0.2, 0.25) is 0 Å². The number of aromatic nitrogens is 2. The van der Waals surface area contributed by atoms with Crippen molar-refractivity contribution in [2.24, 2.45) is 0 Å². The normalized spacial score (nSPS) is 12.1. The van der Waals surface area contributed by atoms with Crippen LogP contribution < -0.4 is 5.32 Å². The first-order valence-electron chi connectivity index (χ1n) is 8.97. The van der Waals surface area contributed by atoms with E-state index >= 15 is 0 Å². The Kier molecular flexibility index (Phi) is 4.53. The van der Waals surface area contributed by atoms with Crippen LogP contribution in [0.15, 0.2) is 71.5 Å². The van der Waals surface area contributed by atoms with E-state index in [0.29, 0.717) is 0 Å². The van der Waals surface area contributed by atoms with Gasteiger partial charge in [-0.2, -0.15) is 5.10 Å². The summed E-state index contributed by atoms with van der Waals surface area (Å²) < 4.78 is 6.86. The molecule has 0 aliphatic rings. The molecule has 0 aliphatic heterocycles. The van der Waals surface area contributed by atoms with E-state index < -0.39 is 11.7 Å². The zero-order valence-corrected chi connectivity index (χ0v) is 15.5. The number of fused-ring (bicyclic) bond motifs is 1. The monoisotopic (exact) mass is 373 g/mol. The number of Topliss-reactive ketones (excluding diaryl/α,β-unsaturated/α-hetero) is 1. The van der Waals surface area contributed by atoms with Gasteiger partial charge in [0.15, 0.2) is 5.76 Å². The molecule has 2 aromatic heterocycles. The zero-order chi connectivity index (χ0) is 19.7. The first-order valence-corrected chi connectivity index (χ1v) is 8.97. The first-order chi connectivity index (χ1) is 13.6. The van der Waals surface area contributed by atoms with Crippen molar-refractivity contribution in [3.05, 3.63) is 84.1 Å². The summed E-state index contributed by atoms with van der Waals surface area (Å²) in [5.74, 6) is -1.39. The van der Waals surface area contributed by atoms with Crippen LogP contribution in [0.2, 0.25) is 0 Å². The lowest BCUT2D eigenvalue weighted by Gasteiger charge is -2.14. The minimum atomic E-state index is -0.709. The molecule has 2 aromatic carbocycles. The summed E-state index contributed by atoms with van der Waals surface area (Å²) in [6.07, 6.45) is 3.09. The minimum Gasteiger partial charge on any atom is -0.461 e. The van der Waals surface area contributed by atoms with Crippen molar-refractivity contribution < 1.29 is 14.0 Å². The Labute approximate surface area is 161 Å². The number of hydrogen-bond acceptors (Lipinski definition) is 4. The van der Waals surface area contributed by atoms with Crippen molar-refractivity contribution in [1.82, 2.24) is 15.1 Å². The van der Waals surface area contributed by atoms with Crippen molar-refractivity contribution in [3.8, 4) is 5.69 Å². The lowest BCUT2D eigenvalue weighted by molar-refractivity contribution is -0.117. The van der Waals surface area contributed by atoms with Crippen LogP contribution in [-0.2, 0) is 4.79 Å². The van der Waals surface area contributed by atoms with Crippen molar-refractivity contribution in [2.75, 3.05) is 0 Å². The van der Waals surface area contributed by atoms with E-state index in [1.807, 2.05) is 42.8 Å². The molecule has 1 N–H and O–H groups in total. The highest BCUT2D eigenvalue weighted by Gasteiger charge is 2.23. The first kappa shape index (κ1) is 17.7. The van der Waals surface area contributed by atoms with Crippen LogP contribution in [0.25, 0.3) is 16.5 Å². The number of rotatable bonds is 5. The Morgan fingerprint density at radius 2 is 1.86 bits per heavy atom. The van der Waals surface area contributed by atoms with E-state index in [2.05, 4.69) is 28.6 Å². The molecule has 0 aliphatic carbocycles. The fourth-order valence-electron chi connectivity index (χ4n) is 3.34. The van der Waals surface area contributed by atoms with Crippen molar-refractivity contribution >= 4 is 22.5 Å². The van der Waals surface area contributed by atoms with Crippen LogP contribution >= 0.6 is 0 Å². The van der Waals surface area contributed by atoms with Crippen LogP contribution in [0.3, 0.4) is 0 Å². The van der Waals surface area contributed by atoms with E-state index in [9.17, 15) is 9.59 Å². The van der Waals surface area contributed by atoms with Gasteiger partial charge in [-0.25, -0.2) is 4.68 Å². The van der Waals surface area contributed by atoms with Crippen LogP contribution in [0.5, 0.6) is 0 Å². The molecule has 1 amide bonds. The summed E-state index contributed by atoms with van der Waals surface area (Å²) in [6, 6.07) is 16.8. The summed E-state index contributed by atoms with van der Waals surface area (Å²) in [5.41, 5.74) is 2.70. The molecular weight excluding hydrogens is 354 g/mol. The van der Waals surface area contributed by atoms with Crippen LogP contribution in [0.1, 0.15) is 34.8 Å². The van der Waals surface area contributed by atoms with Crippen LogP contribution in [0, 0.1) is 6.92 Å². The number of ketones is 1. The molecule has 140 valence electrons. The second kappa shape index (κ2) is 7.15. The molecule has 6 nitrogen and oxygen atoms in total. The van der Waals surface area contributed by atoms with E-state index in [-0.39, 0.29) is 11.8 Å². The Bertz CT molecular complexity index is 1150. The zero-order valence-electron chi connectivity index (χ0n) is 15.5. The summed E-state index contributed by atoms with van der Waals surface area (Å²) >= 11 is 0. The molecule has 0 saturated heterocycles. The summed E-state index contributed by atoms with van der Waals surface area (Å²) in [6.45, 7) is 3.77. The molecule has 6 heteroatoms. The minimum absolute atomic E-state index is 0.0212.